The fourth-order valence-corrected chi connectivity index (χ4v) is 3.64. The predicted octanol–water partition coefficient (Wildman–Crippen LogP) is 3.81. The van der Waals surface area contributed by atoms with Gasteiger partial charge in [-0.25, -0.2) is 14.6 Å². The number of ether oxygens (including phenoxy) is 2. The number of nitrogens with zero attached hydrogens (tertiary/aromatic N) is 5. The summed E-state index contributed by atoms with van der Waals surface area (Å²) >= 11 is 6.22. The zero-order chi connectivity index (χ0) is 19.7. The first-order valence-electron chi connectivity index (χ1n) is 9.06. The molecule has 0 amide bonds. The van der Waals surface area contributed by atoms with Crippen LogP contribution in [0.3, 0.4) is 0 Å². The Balaban J connectivity index is 1.81. The molecule has 1 fully saturated rings. The van der Waals surface area contributed by atoms with Crippen molar-refractivity contribution in [2.75, 3.05) is 31.0 Å². The number of benzene rings is 1. The molecule has 1 aliphatic heterocycles. The molecule has 4 rings (SSSR count). The Hall–Kier alpha value is -2.81. The van der Waals surface area contributed by atoms with E-state index in [0.717, 1.165) is 19.4 Å². The van der Waals surface area contributed by atoms with Crippen LogP contribution in [-0.2, 0) is 0 Å². The van der Waals surface area contributed by atoms with E-state index in [2.05, 4.69) is 37.4 Å². The van der Waals surface area contributed by atoms with Crippen molar-refractivity contribution in [1.29, 1.82) is 0 Å². The van der Waals surface area contributed by atoms with Crippen molar-refractivity contribution in [2.45, 2.75) is 32.2 Å². The highest BCUT2D eigenvalue weighted by molar-refractivity contribution is 6.32. The Morgan fingerprint density at radius 1 is 1.11 bits per heavy atom. The van der Waals surface area contributed by atoms with Crippen LogP contribution in [0, 0.1) is 0 Å². The van der Waals surface area contributed by atoms with Crippen LogP contribution < -0.4 is 19.7 Å². The third kappa shape index (κ3) is 3.37. The fourth-order valence-electron chi connectivity index (χ4n) is 3.41. The number of fused-ring (bicyclic) bond motifs is 1. The maximum atomic E-state index is 6.22. The number of anilines is 3. The lowest BCUT2D eigenvalue weighted by molar-refractivity contribution is 0.314. The van der Waals surface area contributed by atoms with E-state index >= 15 is 0 Å². The smallest absolute Gasteiger partial charge is 0.245 e. The van der Waals surface area contributed by atoms with Crippen LogP contribution in [0.5, 0.6) is 11.5 Å². The molecular weight excluding hydrogens is 384 g/mol. The number of rotatable bonds is 5. The molecule has 1 saturated heterocycles. The number of methoxy groups -OCH3 is 2. The van der Waals surface area contributed by atoms with E-state index in [-0.39, 0.29) is 0 Å². The number of halogens is 1. The Morgan fingerprint density at radius 2 is 1.86 bits per heavy atom. The number of hydrogen-bond acceptors (Lipinski definition) is 9. The molecule has 9 nitrogen and oxygen atoms in total. The van der Waals surface area contributed by atoms with Gasteiger partial charge in [-0.05, 0) is 36.5 Å². The average Bonchev–Trinajstić information content (AvgIpc) is 3.16. The summed E-state index contributed by atoms with van der Waals surface area (Å²) in [5.41, 5.74) is 1.36. The molecule has 1 atom stereocenters. The largest absolute Gasteiger partial charge is 0.495 e. The van der Waals surface area contributed by atoms with Crippen LogP contribution in [0.1, 0.15) is 26.2 Å². The zero-order valence-corrected chi connectivity index (χ0v) is 16.7. The molecule has 28 heavy (non-hydrogen) atoms. The molecule has 3 aromatic rings. The number of piperidine rings is 1. The van der Waals surface area contributed by atoms with E-state index in [1.807, 2.05) is 0 Å². The van der Waals surface area contributed by atoms with Crippen LogP contribution in [-0.4, -0.2) is 47.1 Å². The van der Waals surface area contributed by atoms with Gasteiger partial charge in [-0.15, -0.1) is 0 Å². The molecule has 0 radical (unpaired) electrons. The topological polar surface area (TPSA) is 98.4 Å². The minimum absolute atomic E-state index is 0.329. The molecule has 1 N–H and O–H groups in total. The Morgan fingerprint density at radius 3 is 2.57 bits per heavy atom. The lowest BCUT2D eigenvalue weighted by Gasteiger charge is -2.35. The van der Waals surface area contributed by atoms with Gasteiger partial charge in [0.15, 0.2) is 11.6 Å². The SMILES string of the molecule is COc1cc(Nc2nc3nonc3nc2N2CCCCC2C)c(OC)cc1Cl. The monoisotopic (exact) mass is 404 g/mol. The van der Waals surface area contributed by atoms with Crippen molar-refractivity contribution < 1.29 is 14.1 Å². The van der Waals surface area contributed by atoms with Crippen LogP contribution in [0.2, 0.25) is 5.02 Å². The molecule has 3 heterocycles. The van der Waals surface area contributed by atoms with Crippen molar-refractivity contribution in [3.63, 3.8) is 0 Å². The van der Waals surface area contributed by atoms with Gasteiger partial charge in [-0.2, -0.15) is 0 Å². The normalized spacial score (nSPS) is 17.0. The van der Waals surface area contributed by atoms with Crippen LogP contribution in [0.15, 0.2) is 16.8 Å². The molecular formula is C18H21ClN6O3. The minimum Gasteiger partial charge on any atom is -0.495 e. The summed E-state index contributed by atoms with van der Waals surface area (Å²) in [5, 5.41) is 11.4. The van der Waals surface area contributed by atoms with E-state index < -0.39 is 0 Å². The van der Waals surface area contributed by atoms with Crippen molar-refractivity contribution in [2.24, 2.45) is 0 Å². The highest BCUT2D eigenvalue weighted by Gasteiger charge is 2.25. The molecule has 0 spiro atoms. The minimum atomic E-state index is 0.329. The van der Waals surface area contributed by atoms with Crippen LogP contribution in [0.25, 0.3) is 11.3 Å². The Labute approximate surface area is 166 Å². The molecule has 1 aliphatic rings. The van der Waals surface area contributed by atoms with E-state index in [4.69, 9.17) is 25.7 Å². The molecule has 10 heteroatoms. The van der Waals surface area contributed by atoms with Crippen molar-refractivity contribution >= 4 is 40.2 Å². The second-order valence-electron chi connectivity index (χ2n) is 6.66. The Kier molecular flexibility index (Phi) is 5.08. The van der Waals surface area contributed by atoms with Crippen LogP contribution >= 0.6 is 11.6 Å². The third-order valence-corrected chi connectivity index (χ3v) is 5.19. The van der Waals surface area contributed by atoms with E-state index in [1.54, 1.807) is 26.4 Å². The summed E-state index contributed by atoms with van der Waals surface area (Å²) in [6, 6.07) is 3.79. The average molecular weight is 405 g/mol. The maximum absolute atomic E-state index is 6.22. The Bertz CT molecular complexity index is 995. The first-order valence-corrected chi connectivity index (χ1v) is 9.44. The summed E-state index contributed by atoms with van der Waals surface area (Å²) in [4.78, 5) is 11.5. The molecule has 1 aromatic carbocycles. The summed E-state index contributed by atoms with van der Waals surface area (Å²) < 4.78 is 15.6. The van der Waals surface area contributed by atoms with Crippen molar-refractivity contribution in [3.8, 4) is 11.5 Å². The van der Waals surface area contributed by atoms with Gasteiger partial charge in [0.25, 0.3) is 0 Å². The number of nitrogens with one attached hydrogen (secondary N) is 1. The second kappa shape index (κ2) is 7.67. The van der Waals surface area contributed by atoms with E-state index in [9.17, 15) is 0 Å². The molecule has 148 valence electrons. The third-order valence-electron chi connectivity index (χ3n) is 4.90. The van der Waals surface area contributed by atoms with Gasteiger partial charge in [-0.1, -0.05) is 11.6 Å². The summed E-state index contributed by atoms with van der Waals surface area (Å²) in [6.45, 7) is 3.07. The van der Waals surface area contributed by atoms with Crippen molar-refractivity contribution in [1.82, 2.24) is 20.3 Å². The van der Waals surface area contributed by atoms with Gasteiger partial charge in [0, 0.05) is 24.7 Å². The summed E-state index contributed by atoms with van der Waals surface area (Å²) in [7, 11) is 3.14. The zero-order valence-electron chi connectivity index (χ0n) is 15.9. The molecule has 0 aliphatic carbocycles. The molecule has 0 bridgehead atoms. The molecule has 1 unspecified atom stereocenters. The van der Waals surface area contributed by atoms with Crippen LogP contribution in [0.4, 0.5) is 17.3 Å². The first kappa shape index (κ1) is 18.5. The van der Waals surface area contributed by atoms with Gasteiger partial charge in [0.1, 0.15) is 11.5 Å². The van der Waals surface area contributed by atoms with Crippen molar-refractivity contribution in [3.05, 3.63) is 17.2 Å². The highest BCUT2D eigenvalue weighted by Crippen LogP contribution is 2.39. The molecule has 2 aromatic heterocycles. The lowest BCUT2D eigenvalue weighted by atomic mass is 10.0. The quantitative estimate of drug-likeness (QED) is 0.680. The van der Waals surface area contributed by atoms with Gasteiger partial charge < -0.3 is 19.7 Å². The van der Waals surface area contributed by atoms with Gasteiger partial charge >= 0.3 is 0 Å². The number of hydrogen-bond donors (Lipinski definition) is 1. The number of aromatic nitrogens is 4. The van der Waals surface area contributed by atoms with Gasteiger partial charge in [0.05, 0.1) is 24.9 Å². The molecule has 0 saturated carbocycles. The highest BCUT2D eigenvalue weighted by atomic mass is 35.5. The second-order valence-corrected chi connectivity index (χ2v) is 7.06. The predicted molar refractivity (Wildman–Crippen MR) is 106 cm³/mol. The fraction of sp³-hybridized carbons (Fsp3) is 0.444. The summed E-state index contributed by atoms with van der Waals surface area (Å²) in [5.74, 6) is 2.32. The van der Waals surface area contributed by atoms with E-state index in [1.165, 1.54) is 6.42 Å². The lowest BCUT2D eigenvalue weighted by Crippen LogP contribution is -2.38. The maximum Gasteiger partial charge on any atom is 0.245 e. The van der Waals surface area contributed by atoms with E-state index in [0.29, 0.717) is 51.2 Å². The standard InChI is InChI=1S/C18H21ClN6O3/c1-10-6-4-5-7-25(10)18-17(21-15-16(22-18)24-28-23-15)20-12-9-13(26-2)11(19)8-14(12)27-3/h8-10H,4-7H2,1-3H3,(H,20,21,23). The van der Waals surface area contributed by atoms with Gasteiger partial charge in [-0.3, -0.25) is 0 Å². The summed E-state index contributed by atoms with van der Waals surface area (Å²) in [6.07, 6.45) is 3.39. The van der Waals surface area contributed by atoms with Gasteiger partial charge in [0.2, 0.25) is 11.3 Å². The first-order chi connectivity index (χ1) is 13.6.